The van der Waals surface area contributed by atoms with Gasteiger partial charge < -0.3 is 9.72 Å². The Labute approximate surface area is 117 Å². The van der Waals surface area contributed by atoms with Crippen LogP contribution in [0.3, 0.4) is 0 Å². The first-order valence-electron chi connectivity index (χ1n) is 6.50. The van der Waals surface area contributed by atoms with Crippen molar-refractivity contribution in [2.75, 3.05) is 0 Å². The van der Waals surface area contributed by atoms with E-state index in [0.717, 1.165) is 11.3 Å². The van der Waals surface area contributed by atoms with Crippen molar-refractivity contribution < 1.29 is 4.79 Å². The van der Waals surface area contributed by atoms with E-state index in [4.69, 9.17) is 0 Å². The van der Waals surface area contributed by atoms with Gasteiger partial charge >= 0.3 is 0 Å². The van der Waals surface area contributed by atoms with Gasteiger partial charge in [-0.1, -0.05) is 24.3 Å². The highest BCUT2D eigenvalue weighted by atomic mass is 16.1. The van der Waals surface area contributed by atoms with E-state index in [0.29, 0.717) is 12.1 Å². The number of aromatic nitrogens is 2. The number of aryl methyl sites for hydroxylation is 1. The summed E-state index contributed by atoms with van der Waals surface area (Å²) in [5.74, 6) is -0.0844. The van der Waals surface area contributed by atoms with Gasteiger partial charge in [-0.2, -0.15) is 0 Å². The second-order valence-corrected chi connectivity index (χ2v) is 4.75. The number of fused-ring (bicyclic) bond motifs is 1. The maximum atomic E-state index is 11.9. The zero-order chi connectivity index (χ0) is 13.9. The molecule has 0 aliphatic heterocycles. The molecule has 20 heavy (non-hydrogen) atoms. The molecule has 1 aromatic carbocycles. The highest BCUT2D eigenvalue weighted by molar-refractivity contribution is 5.94. The van der Waals surface area contributed by atoms with E-state index in [9.17, 15) is 4.79 Å². The van der Waals surface area contributed by atoms with Crippen LogP contribution in [-0.2, 0) is 6.54 Å². The molecule has 2 aromatic heterocycles. The molecule has 2 heterocycles. The smallest absolute Gasteiger partial charge is 0.251 e. The average Bonchev–Trinajstić information content (AvgIpc) is 2.87. The molecular formula is C16H15N3O. The Kier molecular flexibility index (Phi) is 3.21. The topological polar surface area (TPSA) is 46.4 Å². The number of rotatable bonds is 3. The summed E-state index contributed by atoms with van der Waals surface area (Å²) in [5, 5.41) is 2.88. The zero-order valence-electron chi connectivity index (χ0n) is 11.2. The summed E-state index contributed by atoms with van der Waals surface area (Å²) >= 11 is 0. The van der Waals surface area contributed by atoms with Gasteiger partial charge in [0.25, 0.3) is 5.91 Å². The van der Waals surface area contributed by atoms with E-state index in [1.165, 1.54) is 5.56 Å². The number of nitrogens with one attached hydrogen (secondary N) is 1. The van der Waals surface area contributed by atoms with Crippen LogP contribution in [0, 0.1) is 6.92 Å². The predicted molar refractivity (Wildman–Crippen MR) is 77.5 cm³/mol. The van der Waals surface area contributed by atoms with Gasteiger partial charge in [-0.25, -0.2) is 4.98 Å². The predicted octanol–water partition coefficient (Wildman–Crippen LogP) is 2.57. The fraction of sp³-hybridized carbons (Fsp3) is 0.125. The lowest BCUT2D eigenvalue weighted by Crippen LogP contribution is -2.22. The Morgan fingerprint density at radius 1 is 1.15 bits per heavy atom. The van der Waals surface area contributed by atoms with Gasteiger partial charge in [0.15, 0.2) is 0 Å². The molecule has 0 aliphatic carbocycles. The van der Waals surface area contributed by atoms with Crippen molar-refractivity contribution in [1.29, 1.82) is 0 Å². The number of carbonyl (C=O) groups is 1. The molecule has 0 radical (unpaired) electrons. The number of imidazole rings is 1. The monoisotopic (exact) mass is 265 g/mol. The second kappa shape index (κ2) is 5.17. The van der Waals surface area contributed by atoms with Crippen molar-refractivity contribution >= 4 is 11.6 Å². The lowest BCUT2D eigenvalue weighted by molar-refractivity contribution is 0.0950. The molecule has 4 nitrogen and oxygen atoms in total. The average molecular weight is 265 g/mol. The molecule has 0 atom stereocenters. The van der Waals surface area contributed by atoms with E-state index in [2.05, 4.69) is 10.3 Å². The Hall–Kier alpha value is -2.62. The van der Waals surface area contributed by atoms with Gasteiger partial charge in [0.1, 0.15) is 5.65 Å². The van der Waals surface area contributed by atoms with Crippen LogP contribution in [0.1, 0.15) is 21.6 Å². The Balaban J connectivity index is 1.72. The van der Waals surface area contributed by atoms with Crippen molar-refractivity contribution in [1.82, 2.24) is 14.7 Å². The van der Waals surface area contributed by atoms with Crippen molar-refractivity contribution in [3.63, 3.8) is 0 Å². The molecular weight excluding hydrogens is 250 g/mol. The first-order chi connectivity index (χ1) is 9.72. The summed E-state index contributed by atoms with van der Waals surface area (Å²) in [4.78, 5) is 16.4. The standard InChI is InChI=1S/C16H15N3O/c1-12-7-8-15-18-14(11-19(15)10-12)9-17-16(20)13-5-3-2-4-6-13/h2-8,10-11H,9H2,1H3,(H,17,20). The summed E-state index contributed by atoms with van der Waals surface area (Å²) in [6.07, 6.45) is 3.96. The van der Waals surface area contributed by atoms with Gasteiger partial charge in [0.05, 0.1) is 12.2 Å². The van der Waals surface area contributed by atoms with Crippen molar-refractivity contribution in [3.8, 4) is 0 Å². The Morgan fingerprint density at radius 3 is 2.75 bits per heavy atom. The van der Waals surface area contributed by atoms with E-state index < -0.39 is 0 Å². The fourth-order valence-corrected chi connectivity index (χ4v) is 2.10. The Morgan fingerprint density at radius 2 is 1.95 bits per heavy atom. The van der Waals surface area contributed by atoms with Gasteiger partial charge in [0.2, 0.25) is 0 Å². The maximum absolute atomic E-state index is 11.9. The largest absolute Gasteiger partial charge is 0.346 e. The Bertz CT molecular complexity index is 747. The van der Waals surface area contributed by atoms with Crippen LogP contribution in [0.25, 0.3) is 5.65 Å². The normalized spacial score (nSPS) is 10.7. The maximum Gasteiger partial charge on any atom is 0.251 e. The molecule has 100 valence electrons. The summed E-state index contributed by atoms with van der Waals surface area (Å²) in [6.45, 7) is 2.46. The number of hydrogen-bond acceptors (Lipinski definition) is 2. The zero-order valence-corrected chi connectivity index (χ0v) is 11.2. The SMILES string of the molecule is Cc1ccc2nc(CNC(=O)c3ccccc3)cn2c1. The van der Waals surface area contributed by atoms with E-state index in [1.54, 1.807) is 12.1 Å². The molecule has 0 bridgehead atoms. The first kappa shape index (κ1) is 12.4. The van der Waals surface area contributed by atoms with Crippen LogP contribution < -0.4 is 5.32 Å². The number of nitrogens with zero attached hydrogens (tertiary/aromatic N) is 2. The molecule has 1 N–H and O–H groups in total. The molecule has 0 spiro atoms. The minimum Gasteiger partial charge on any atom is -0.346 e. The van der Waals surface area contributed by atoms with E-state index in [1.807, 2.05) is 54.0 Å². The van der Waals surface area contributed by atoms with Gasteiger partial charge in [-0.3, -0.25) is 4.79 Å². The van der Waals surface area contributed by atoms with Crippen LogP contribution in [0.4, 0.5) is 0 Å². The number of benzene rings is 1. The summed E-state index contributed by atoms with van der Waals surface area (Å²) in [6, 6.07) is 13.2. The summed E-state index contributed by atoms with van der Waals surface area (Å²) < 4.78 is 1.97. The van der Waals surface area contributed by atoms with E-state index in [-0.39, 0.29) is 5.91 Å². The fourth-order valence-electron chi connectivity index (χ4n) is 2.10. The third-order valence-electron chi connectivity index (χ3n) is 3.11. The lowest BCUT2D eigenvalue weighted by atomic mass is 10.2. The summed E-state index contributed by atoms with van der Waals surface area (Å²) in [7, 11) is 0. The van der Waals surface area contributed by atoms with Gasteiger partial charge in [-0.05, 0) is 30.7 Å². The lowest BCUT2D eigenvalue weighted by Gasteiger charge is -2.02. The quantitative estimate of drug-likeness (QED) is 0.791. The molecule has 1 amide bonds. The molecule has 0 unspecified atom stereocenters. The first-order valence-corrected chi connectivity index (χ1v) is 6.50. The van der Waals surface area contributed by atoms with Crippen LogP contribution in [0.2, 0.25) is 0 Å². The van der Waals surface area contributed by atoms with Gasteiger partial charge in [-0.15, -0.1) is 0 Å². The molecule has 0 saturated carbocycles. The van der Waals surface area contributed by atoms with Crippen LogP contribution in [-0.4, -0.2) is 15.3 Å². The third kappa shape index (κ3) is 2.54. The van der Waals surface area contributed by atoms with Crippen LogP contribution >= 0.6 is 0 Å². The minimum atomic E-state index is -0.0844. The molecule has 3 rings (SSSR count). The number of amides is 1. The number of hydrogen-bond donors (Lipinski definition) is 1. The van der Waals surface area contributed by atoms with Crippen molar-refractivity contribution in [2.45, 2.75) is 13.5 Å². The van der Waals surface area contributed by atoms with Crippen molar-refractivity contribution in [2.24, 2.45) is 0 Å². The molecule has 4 heteroatoms. The third-order valence-corrected chi connectivity index (χ3v) is 3.11. The minimum absolute atomic E-state index is 0.0844. The molecule has 0 saturated heterocycles. The number of carbonyl (C=O) groups excluding carboxylic acids is 1. The van der Waals surface area contributed by atoms with Crippen molar-refractivity contribution in [3.05, 3.63) is 71.7 Å². The van der Waals surface area contributed by atoms with Gasteiger partial charge in [0, 0.05) is 18.0 Å². The molecule has 0 aliphatic rings. The molecule has 0 fully saturated rings. The second-order valence-electron chi connectivity index (χ2n) is 4.75. The van der Waals surface area contributed by atoms with Crippen LogP contribution in [0.15, 0.2) is 54.9 Å². The molecule has 3 aromatic rings. The highest BCUT2D eigenvalue weighted by Crippen LogP contribution is 2.07. The number of pyridine rings is 1. The van der Waals surface area contributed by atoms with E-state index >= 15 is 0 Å². The summed E-state index contributed by atoms with van der Waals surface area (Å²) in [5.41, 5.74) is 3.57. The highest BCUT2D eigenvalue weighted by Gasteiger charge is 2.06. The van der Waals surface area contributed by atoms with Crippen LogP contribution in [0.5, 0.6) is 0 Å².